The van der Waals surface area contributed by atoms with Crippen LogP contribution in [0.2, 0.25) is 0 Å². The van der Waals surface area contributed by atoms with Gasteiger partial charge in [0.15, 0.2) is 5.65 Å². The third-order valence-corrected chi connectivity index (χ3v) is 4.46. The van der Waals surface area contributed by atoms with Gasteiger partial charge in [0.05, 0.1) is 18.2 Å². The summed E-state index contributed by atoms with van der Waals surface area (Å²) in [6, 6.07) is 17.6. The predicted molar refractivity (Wildman–Crippen MR) is 118 cm³/mol. The summed E-state index contributed by atoms with van der Waals surface area (Å²) < 4.78 is 10.3. The van der Waals surface area contributed by atoms with Crippen LogP contribution in [0, 0.1) is 0 Å². The average Bonchev–Trinajstić information content (AvgIpc) is 3.19. The van der Waals surface area contributed by atoms with Crippen molar-refractivity contribution in [3.8, 4) is 28.1 Å². The molecule has 0 radical (unpaired) electrons. The Labute approximate surface area is 170 Å². The molecule has 6 nitrogen and oxygen atoms in total. The molecule has 6 heteroatoms. The van der Waals surface area contributed by atoms with Crippen LogP contribution < -0.4 is 10.5 Å². The lowest BCUT2D eigenvalue weighted by Crippen LogP contribution is -1.89. The Bertz CT molecular complexity index is 1060. The van der Waals surface area contributed by atoms with E-state index < -0.39 is 0 Å². The molecule has 0 aliphatic rings. The number of H-pyrrole nitrogens is 1. The van der Waals surface area contributed by atoms with E-state index in [4.69, 9.17) is 15.2 Å². The molecule has 0 unspecified atom stereocenters. The quantitative estimate of drug-likeness (QED) is 0.472. The van der Waals surface area contributed by atoms with Crippen molar-refractivity contribution in [1.29, 1.82) is 0 Å². The molecule has 3 N–H and O–H groups in total. The summed E-state index contributed by atoms with van der Waals surface area (Å²) >= 11 is 0. The monoisotopic (exact) mass is 390 g/mol. The van der Waals surface area contributed by atoms with Gasteiger partial charge in [-0.05, 0) is 55.3 Å². The molecule has 2 heterocycles. The van der Waals surface area contributed by atoms with E-state index in [2.05, 4.69) is 15.2 Å². The molecule has 0 saturated heterocycles. The molecule has 0 amide bonds. The zero-order valence-corrected chi connectivity index (χ0v) is 17.0. The van der Waals surface area contributed by atoms with Crippen molar-refractivity contribution in [2.45, 2.75) is 13.8 Å². The molecule has 4 aromatic rings. The first-order valence-electron chi connectivity index (χ1n) is 9.59. The fourth-order valence-corrected chi connectivity index (χ4v) is 3.10. The third-order valence-electron chi connectivity index (χ3n) is 4.46. The Balaban J connectivity index is 0.000000431. The number of nitrogen functional groups attached to an aromatic ring is 1. The highest BCUT2D eigenvalue weighted by molar-refractivity contribution is 6.03. The molecule has 0 saturated carbocycles. The number of fused-ring (bicyclic) bond motifs is 1. The first-order chi connectivity index (χ1) is 14.2. The molecule has 4 rings (SSSR count). The summed E-state index contributed by atoms with van der Waals surface area (Å²) in [5.41, 5.74) is 11.2. The van der Waals surface area contributed by atoms with Gasteiger partial charge in [-0.15, -0.1) is 0 Å². The minimum Gasteiger partial charge on any atom is -0.496 e. The van der Waals surface area contributed by atoms with Gasteiger partial charge in [-0.25, -0.2) is 4.98 Å². The number of para-hydroxylation sites is 1. The van der Waals surface area contributed by atoms with Gasteiger partial charge in [0.2, 0.25) is 0 Å². The van der Waals surface area contributed by atoms with Crippen LogP contribution in [0.5, 0.6) is 5.75 Å². The molecule has 150 valence electrons. The normalized spacial score (nSPS) is 10.4. The standard InChI is InChI=1S/C19H16N4O.C4H10O/c1-24-16-5-3-2-4-15(16)18-17-14(10-11-21-19(17)23-22-18)12-6-8-13(20)9-7-12;1-3-5-4-2/h2-11H,20H2,1H3,(H,21,22,23);3-4H2,1-2H3. The van der Waals surface area contributed by atoms with E-state index in [1.54, 1.807) is 13.3 Å². The van der Waals surface area contributed by atoms with Crippen molar-refractivity contribution >= 4 is 16.7 Å². The van der Waals surface area contributed by atoms with Crippen LogP contribution in [-0.2, 0) is 4.74 Å². The smallest absolute Gasteiger partial charge is 0.182 e. The molecule has 29 heavy (non-hydrogen) atoms. The van der Waals surface area contributed by atoms with Crippen molar-refractivity contribution < 1.29 is 9.47 Å². The fourth-order valence-electron chi connectivity index (χ4n) is 3.10. The SMILES string of the molecule is CCOCC.COc1ccccc1-c1[nH]nc2nccc(-c3ccc(N)cc3)c12. The van der Waals surface area contributed by atoms with Gasteiger partial charge >= 0.3 is 0 Å². The number of ether oxygens (including phenoxy) is 2. The maximum absolute atomic E-state index is 5.81. The largest absolute Gasteiger partial charge is 0.496 e. The van der Waals surface area contributed by atoms with E-state index in [0.717, 1.165) is 52.4 Å². The number of nitrogens with one attached hydrogen (secondary N) is 1. The highest BCUT2D eigenvalue weighted by Gasteiger charge is 2.16. The number of nitrogens with two attached hydrogens (primary N) is 1. The summed E-state index contributed by atoms with van der Waals surface area (Å²) in [6.07, 6.45) is 1.76. The van der Waals surface area contributed by atoms with Gasteiger partial charge in [0, 0.05) is 30.7 Å². The molecular formula is C23H26N4O2. The lowest BCUT2D eigenvalue weighted by Gasteiger charge is -2.09. The number of aromatic amines is 1. The number of rotatable bonds is 5. The molecule has 2 aromatic carbocycles. The van der Waals surface area contributed by atoms with Crippen LogP contribution in [0.1, 0.15) is 13.8 Å². The van der Waals surface area contributed by atoms with Gasteiger partial charge in [-0.2, -0.15) is 5.10 Å². The van der Waals surface area contributed by atoms with Gasteiger partial charge in [0.1, 0.15) is 5.75 Å². The zero-order valence-electron chi connectivity index (χ0n) is 17.0. The molecule has 0 fully saturated rings. The molecule has 2 aromatic heterocycles. The van der Waals surface area contributed by atoms with Crippen molar-refractivity contribution in [2.24, 2.45) is 0 Å². The number of nitrogens with zero attached hydrogens (tertiary/aromatic N) is 2. The second kappa shape index (κ2) is 9.71. The van der Waals surface area contributed by atoms with E-state index in [1.807, 2.05) is 68.4 Å². The number of anilines is 1. The topological polar surface area (TPSA) is 86.0 Å². The molecule has 0 aliphatic heterocycles. The Hall–Kier alpha value is -3.38. The van der Waals surface area contributed by atoms with Gasteiger partial charge in [-0.3, -0.25) is 5.10 Å². The highest BCUT2D eigenvalue weighted by Crippen LogP contribution is 2.37. The van der Waals surface area contributed by atoms with Crippen LogP contribution in [0.15, 0.2) is 60.8 Å². The Morgan fingerprint density at radius 1 is 0.931 bits per heavy atom. The second-order valence-electron chi connectivity index (χ2n) is 6.26. The van der Waals surface area contributed by atoms with Gasteiger partial charge < -0.3 is 15.2 Å². The summed E-state index contributed by atoms with van der Waals surface area (Å²) in [7, 11) is 1.66. The molecule has 0 bridgehead atoms. The van der Waals surface area contributed by atoms with E-state index in [9.17, 15) is 0 Å². The fraction of sp³-hybridized carbons (Fsp3) is 0.217. The van der Waals surface area contributed by atoms with Crippen LogP contribution in [-0.4, -0.2) is 35.5 Å². The van der Waals surface area contributed by atoms with Crippen molar-refractivity contribution in [3.63, 3.8) is 0 Å². The summed E-state index contributed by atoms with van der Waals surface area (Å²) in [5, 5.41) is 8.43. The number of aromatic nitrogens is 3. The maximum Gasteiger partial charge on any atom is 0.182 e. The number of hydrogen-bond donors (Lipinski definition) is 2. The zero-order chi connectivity index (χ0) is 20.6. The van der Waals surface area contributed by atoms with E-state index in [-0.39, 0.29) is 0 Å². The first kappa shape index (κ1) is 20.4. The van der Waals surface area contributed by atoms with Crippen molar-refractivity contribution in [2.75, 3.05) is 26.1 Å². The number of methoxy groups -OCH3 is 1. The minimum atomic E-state index is 0.672. The van der Waals surface area contributed by atoms with Crippen LogP contribution in [0.3, 0.4) is 0 Å². The summed E-state index contributed by atoms with van der Waals surface area (Å²) in [4.78, 5) is 4.38. The van der Waals surface area contributed by atoms with E-state index in [0.29, 0.717) is 5.65 Å². The Morgan fingerprint density at radius 2 is 1.66 bits per heavy atom. The number of benzene rings is 2. The van der Waals surface area contributed by atoms with Crippen LogP contribution in [0.25, 0.3) is 33.4 Å². The van der Waals surface area contributed by atoms with Gasteiger partial charge in [0.25, 0.3) is 0 Å². The minimum absolute atomic E-state index is 0.672. The Kier molecular flexibility index (Phi) is 6.81. The summed E-state index contributed by atoms with van der Waals surface area (Å²) in [5.74, 6) is 0.787. The van der Waals surface area contributed by atoms with Crippen LogP contribution >= 0.6 is 0 Å². The van der Waals surface area contributed by atoms with Crippen LogP contribution in [0.4, 0.5) is 5.69 Å². The molecule has 0 spiro atoms. The Morgan fingerprint density at radius 3 is 2.31 bits per heavy atom. The van der Waals surface area contributed by atoms with Crippen molar-refractivity contribution in [1.82, 2.24) is 15.2 Å². The summed E-state index contributed by atoms with van der Waals surface area (Å²) in [6.45, 7) is 5.67. The predicted octanol–water partition coefficient (Wildman–Crippen LogP) is 4.93. The van der Waals surface area contributed by atoms with Crippen molar-refractivity contribution in [3.05, 3.63) is 60.8 Å². The average molecular weight is 390 g/mol. The first-order valence-corrected chi connectivity index (χ1v) is 9.59. The second-order valence-corrected chi connectivity index (χ2v) is 6.26. The highest BCUT2D eigenvalue weighted by atomic mass is 16.5. The lowest BCUT2D eigenvalue weighted by molar-refractivity contribution is 0.162. The van der Waals surface area contributed by atoms with E-state index in [1.165, 1.54) is 0 Å². The molecular weight excluding hydrogens is 364 g/mol. The van der Waals surface area contributed by atoms with Gasteiger partial charge in [-0.1, -0.05) is 24.3 Å². The molecule has 0 atom stereocenters. The number of hydrogen-bond acceptors (Lipinski definition) is 5. The molecule has 0 aliphatic carbocycles. The lowest BCUT2D eigenvalue weighted by atomic mass is 9.99. The number of pyridine rings is 1. The maximum atomic E-state index is 5.81. The third kappa shape index (κ3) is 4.55. The van der Waals surface area contributed by atoms with E-state index >= 15 is 0 Å².